The Kier molecular flexibility index (Phi) is 5.39. The van der Waals surface area contributed by atoms with Gasteiger partial charge in [-0.15, -0.1) is 0 Å². The van der Waals surface area contributed by atoms with Crippen LogP contribution in [0.1, 0.15) is 44.7 Å². The molecule has 0 amide bonds. The molecule has 29 heavy (non-hydrogen) atoms. The largest absolute Gasteiger partial charge is 0.497 e. The van der Waals surface area contributed by atoms with Crippen LogP contribution in [0.25, 0.3) is 5.57 Å². The topological polar surface area (TPSA) is 43.4 Å². The maximum Gasteiger partial charge on any atom is 0.189 e. The Morgan fingerprint density at radius 2 is 1.52 bits per heavy atom. The Labute approximate surface area is 170 Å². The molecule has 0 fully saturated rings. The summed E-state index contributed by atoms with van der Waals surface area (Å²) in [5.41, 5.74) is 4.94. The second-order valence-electron chi connectivity index (χ2n) is 7.14. The van der Waals surface area contributed by atoms with Crippen molar-refractivity contribution < 1.29 is 14.3 Å². The summed E-state index contributed by atoms with van der Waals surface area (Å²) in [6.45, 7) is 0. The van der Waals surface area contributed by atoms with Crippen molar-refractivity contribution in [1.82, 2.24) is 0 Å². The van der Waals surface area contributed by atoms with Crippen LogP contribution in [0.15, 0.2) is 84.4 Å². The predicted octanol–water partition coefficient (Wildman–Crippen LogP) is 5.55. The zero-order valence-corrected chi connectivity index (χ0v) is 16.4. The molecule has 1 aliphatic rings. The van der Waals surface area contributed by atoms with E-state index in [0.717, 1.165) is 34.3 Å². The average Bonchev–Trinajstić information content (AvgIpc) is 2.79. The highest BCUT2D eigenvalue weighted by Crippen LogP contribution is 2.33. The fourth-order valence-electron chi connectivity index (χ4n) is 3.85. The number of allylic oxidation sites excluding steroid dienone is 2. The first-order valence-corrected chi connectivity index (χ1v) is 9.74. The van der Waals surface area contributed by atoms with Crippen LogP contribution >= 0.6 is 0 Å². The Hall–Kier alpha value is -3.46. The van der Waals surface area contributed by atoms with Crippen LogP contribution in [-0.2, 0) is 6.42 Å². The minimum atomic E-state index is -0.00864. The van der Waals surface area contributed by atoms with Gasteiger partial charge in [0.25, 0.3) is 0 Å². The molecule has 0 aliphatic heterocycles. The SMILES string of the molecule is COc1ccc(C(=O)C/C(=C2/CCc3ccccc3C2=O)c2ccccc2)cc1. The molecule has 0 unspecified atom stereocenters. The maximum absolute atomic E-state index is 13.2. The third-order valence-corrected chi connectivity index (χ3v) is 5.42. The number of Topliss-reactive ketones (excluding diaryl/α,β-unsaturated/α-hetero) is 2. The third-order valence-electron chi connectivity index (χ3n) is 5.42. The molecule has 0 spiro atoms. The Bertz CT molecular complexity index is 1080. The Morgan fingerprint density at radius 3 is 2.24 bits per heavy atom. The first kappa shape index (κ1) is 18.9. The molecule has 0 aromatic heterocycles. The van der Waals surface area contributed by atoms with Gasteiger partial charge in [0.05, 0.1) is 7.11 Å². The van der Waals surface area contributed by atoms with Gasteiger partial charge in [-0.2, -0.15) is 0 Å². The zero-order chi connectivity index (χ0) is 20.2. The molecule has 1 aliphatic carbocycles. The zero-order valence-electron chi connectivity index (χ0n) is 16.4. The molecule has 0 atom stereocenters. The standard InChI is InChI=1S/C26H22O3/c1-29-21-14-11-20(12-15-21)25(27)17-24(18-7-3-2-4-8-18)23-16-13-19-9-5-6-10-22(19)26(23)28/h2-12,14-15H,13,16-17H2,1H3/b24-23+. The van der Waals surface area contributed by atoms with E-state index >= 15 is 0 Å². The second kappa shape index (κ2) is 8.27. The normalized spacial score (nSPS) is 14.9. The van der Waals surface area contributed by atoms with Crippen molar-refractivity contribution in [1.29, 1.82) is 0 Å². The molecule has 3 heteroatoms. The minimum Gasteiger partial charge on any atom is -0.497 e. The van der Waals surface area contributed by atoms with Crippen molar-refractivity contribution in [2.75, 3.05) is 7.11 Å². The van der Waals surface area contributed by atoms with Crippen molar-refractivity contribution in [3.05, 3.63) is 107 Å². The van der Waals surface area contributed by atoms with Crippen LogP contribution in [0.3, 0.4) is 0 Å². The molecule has 0 saturated carbocycles. The number of hydrogen-bond donors (Lipinski definition) is 0. The molecule has 0 N–H and O–H groups in total. The first-order chi connectivity index (χ1) is 14.2. The lowest BCUT2D eigenvalue weighted by molar-refractivity contribution is 0.0998. The number of carbonyl (C=O) groups excluding carboxylic acids is 2. The number of fused-ring (bicyclic) bond motifs is 1. The lowest BCUT2D eigenvalue weighted by Crippen LogP contribution is -2.17. The minimum absolute atomic E-state index is 0.00864. The van der Waals surface area contributed by atoms with Crippen LogP contribution in [0.4, 0.5) is 0 Å². The van der Waals surface area contributed by atoms with Crippen molar-refractivity contribution in [2.45, 2.75) is 19.3 Å². The molecule has 0 radical (unpaired) electrons. The summed E-state index contributed by atoms with van der Waals surface area (Å²) in [6, 6.07) is 24.6. The Morgan fingerprint density at radius 1 is 0.828 bits per heavy atom. The van der Waals surface area contributed by atoms with E-state index in [2.05, 4.69) is 0 Å². The summed E-state index contributed by atoms with van der Waals surface area (Å²) >= 11 is 0. The molecule has 0 saturated heterocycles. The van der Waals surface area contributed by atoms with E-state index in [1.807, 2.05) is 54.6 Å². The molecule has 3 nitrogen and oxygen atoms in total. The number of methoxy groups -OCH3 is 1. The van der Waals surface area contributed by atoms with Gasteiger partial charge in [0.1, 0.15) is 5.75 Å². The number of hydrogen-bond acceptors (Lipinski definition) is 3. The molecular formula is C26H22O3. The van der Waals surface area contributed by atoms with Gasteiger partial charge in [-0.3, -0.25) is 9.59 Å². The van der Waals surface area contributed by atoms with Crippen LogP contribution in [0.2, 0.25) is 0 Å². The summed E-state index contributed by atoms with van der Waals surface area (Å²) < 4.78 is 5.18. The highest BCUT2D eigenvalue weighted by molar-refractivity contribution is 6.17. The molecule has 0 bridgehead atoms. The van der Waals surface area contributed by atoms with Crippen molar-refractivity contribution in [3.63, 3.8) is 0 Å². The lowest BCUT2D eigenvalue weighted by atomic mass is 9.81. The van der Waals surface area contributed by atoms with E-state index in [4.69, 9.17) is 4.74 Å². The van der Waals surface area contributed by atoms with Crippen LogP contribution < -0.4 is 4.74 Å². The van der Waals surface area contributed by atoms with E-state index in [0.29, 0.717) is 17.7 Å². The summed E-state index contributed by atoms with van der Waals surface area (Å²) in [6.07, 6.45) is 1.65. The van der Waals surface area contributed by atoms with Gasteiger partial charge in [0.2, 0.25) is 0 Å². The van der Waals surface area contributed by atoms with Crippen LogP contribution in [-0.4, -0.2) is 18.7 Å². The lowest BCUT2D eigenvalue weighted by Gasteiger charge is -2.21. The molecule has 3 aromatic carbocycles. The van der Waals surface area contributed by atoms with Crippen molar-refractivity contribution in [3.8, 4) is 5.75 Å². The molecule has 144 valence electrons. The van der Waals surface area contributed by atoms with E-state index < -0.39 is 0 Å². The molecule has 3 aromatic rings. The summed E-state index contributed by atoms with van der Waals surface area (Å²) in [4.78, 5) is 26.3. The van der Waals surface area contributed by atoms with Crippen molar-refractivity contribution in [2.24, 2.45) is 0 Å². The molecule has 4 rings (SSSR count). The van der Waals surface area contributed by atoms with Gasteiger partial charge in [0, 0.05) is 23.1 Å². The summed E-state index contributed by atoms with van der Waals surface area (Å²) in [5, 5.41) is 0. The average molecular weight is 382 g/mol. The molecule has 0 heterocycles. The Balaban J connectivity index is 1.74. The van der Waals surface area contributed by atoms with Crippen LogP contribution in [0, 0.1) is 0 Å². The number of rotatable bonds is 5. The fourth-order valence-corrected chi connectivity index (χ4v) is 3.85. The summed E-state index contributed by atoms with van der Waals surface area (Å²) in [5.74, 6) is 0.737. The third kappa shape index (κ3) is 3.90. The number of carbonyl (C=O) groups is 2. The van der Waals surface area contributed by atoms with E-state index in [9.17, 15) is 9.59 Å². The quantitative estimate of drug-likeness (QED) is 0.429. The number of ketones is 2. The first-order valence-electron chi connectivity index (χ1n) is 9.74. The highest BCUT2D eigenvalue weighted by atomic mass is 16.5. The molecular weight excluding hydrogens is 360 g/mol. The van der Waals surface area contributed by atoms with Gasteiger partial charge in [-0.1, -0.05) is 54.6 Å². The predicted molar refractivity (Wildman–Crippen MR) is 114 cm³/mol. The van der Waals surface area contributed by atoms with Gasteiger partial charge in [0.15, 0.2) is 11.6 Å². The number of aryl methyl sites for hydroxylation is 1. The van der Waals surface area contributed by atoms with Gasteiger partial charge >= 0.3 is 0 Å². The van der Waals surface area contributed by atoms with E-state index in [1.54, 1.807) is 31.4 Å². The van der Waals surface area contributed by atoms with E-state index in [-0.39, 0.29) is 18.0 Å². The fraction of sp³-hybridized carbons (Fsp3) is 0.154. The highest BCUT2D eigenvalue weighted by Gasteiger charge is 2.26. The maximum atomic E-state index is 13.2. The van der Waals surface area contributed by atoms with Gasteiger partial charge in [-0.25, -0.2) is 0 Å². The van der Waals surface area contributed by atoms with Gasteiger partial charge < -0.3 is 4.74 Å². The number of ether oxygens (including phenoxy) is 1. The van der Waals surface area contributed by atoms with Crippen LogP contribution in [0.5, 0.6) is 5.75 Å². The monoisotopic (exact) mass is 382 g/mol. The van der Waals surface area contributed by atoms with E-state index in [1.165, 1.54) is 0 Å². The van der Waals surface area contributed by atoms with Gasteiger partial charge in [-0.05, 0) is 53.8 Å². The second-order valence-corrected chi connectivity index (χ2v) is 7.14. The van der Waals surface area contributed by atoms with Crippen molar-refractivity contribution >= 4 is 17.1 Å². The smallest absolute Gasteiger partial charge is 0.189 e. The number of benzene rings is 3. The summed E-state index contributed by atoms with van der Waals surface area (Å²) in [7, 11) is 1.60.